The number of fused-ring (bicyclic) bond motifs is 2. The molecule has 1 fully saturated rings. The van der Waals surface area contributed by atoms with Crippen LogP contribution in [0.2, 0.25) is 0 Å². The maximum Gasteiger partial charge on any atom is 0.352 e. The third-order valence-electron chi connectivity index (χ3n) is 6.42. The average Bonchev–Trinajstić information content (AvgIpc) is 3.23. The van der Waals surface area contributed by atoms with E-state index in [1.165, 1.54) is 10.6 Å². The van der Waals surface area contributed by atoms with Crippen LogP contribution in [-0.2, 0) is 13.1 Å². The number of aryl methyl sites for hydroxylation is 1. The fourth-order valence-electron chi connectivity index (χ4n) is 4.64. The minimum absolute atomic E-state index is 0.0225. The molecule has 0 radical (unpaired) electrons. The summed E-state index contributed by atoms with van der Waals surface area (Å²) >= 11 is 0. The number of methoxy groups -OCH3 is 1. The Morgan fingerprint density at radius 1 is 1.19 bits per heavy atom. The van der Waals surface area contributed by atoms with Crippen LogP contribution < -0.4 is 26.6 Å². The SMILES string of the molecule is CC#CCn1c(N2CCCC(N)C2)nc2cc(=O)n(Cc3nc(C)c4cc(OC)ccc4n3)c(=O)n21. The largest absolute Gasteiger partial charge is 0.497 e. The van der Waals surface area contributed by atoms with Crippen molar-refractivity contribution in [2.24, 2.45) is 5.73 Å². The van der Waals surface area contributed by atoms with Gasteiger partial charge in [-0.25, -0.2) is 19.4 Å². The molecule has 11 heteroatoms. The summed E-state index contributed by atoms with van der Waals surface area (Å²) in [5.41, 5.74) is 6.91. The van der Waals surface area contributed by atoms with Gasteiger partial charge in [0.25, 0.3) is 5.56 Å². The number of hydrogen-bond donors (Lipinski definition) is 1. The molecule has 5 rings (SSSR count). The van der Waals surface area contributed by atoms with Crippen LogP contribution in [0.25, 0.3) is 16.6 Å². The topological polar surface area (TPSA) is 126 Å². The van der Waals surface area contributed by atoms with Crippen LogP contribution in [0.5, 0.6) is 5.75 Å². The number of anilines is 1. The van der Waals surface area contributed by atoms with Crippen LogP contribution >= 0.6 is 0 Å². The van der Waals surface area contributed by atoms with Gasteiger partial charge in [0.15, 0.2) is 5.65 Å². The number of hydrogen-bond acceptors (Lipinski definition) is 8. The number of piperidine rings is 1. The van der Waals surface area contributed by atoms with E-state index < -0.39 is 11.2 Å². The van der Waals surface area contributed by atoms with Crippen molar-refractivity contribution < 1.29 is 4.74 Å². The smallest absolute Gasteiger partial charge is 0.352 e. The predicted octanol–water partition coefficient (Wildman–Crippen LogP) is 0.917. The highest BCUT2D eigenvalue weighted by molar-refractivity contribution is 5.82. The highest BCUT2D eigenvalue weighted by atomic mass is 16.5. The molecule has 3 aromatic heterocycles. The number of rotatable bonds is 5. The van der Waals surface area contributed by atoms with Crippen LogP contribution in [0.1, 0.15) is 31.3 Å². The average molecular weight is 489 g/mol. The van der Waals surface area contributed by atoms with Gasteiger partial charge in [-0.05, 0) is 44.9 Å². The first-order valence-corrected chi connectivity index (χ1v) is 11.8. The molecule has 1 aliphatic rings. The summed E-state index contributed by atoms with van der Waals surface area (Å²) in [4.78, 5) is 42.5. The quantitative estimate of drug-likeness (QED) is 0.411. The molecule has 11 nitrogen and oxygen atoms in total. The Labute approximate surface area is 207 Å². The Balaban J connectivity index is 1.62. The summed E-state index contributed by atoms with van der Waals surface area (Å²) < 4.78 is 9.53. The van der Waals surface area contributed by atoms with Gasteiger partial charge in [-0.3, -0.25) is 9.36 Å². The molecule has 186 valence electrons. The first kappa shape index (κ1) is 23.6. The van der Waals surface area contributed by atoms with E-state index in [1.807, 2.05) is 25.1 Å². The Morgan fingerprint density at radius 2 is 2.03 bits per heavy atom. The Hall–Kier alpha value is -4.17. The van der Waals surface area contributed by atoms with Crippen molar-refractivity contribution in [2.45, 2.75) is 45.8 Å². The first-order chi connectivity index (χ1) is 17.4. The van der Waals surface area contributed by atoms with Gasteiger partial charge in [-0.2, -0.15) is 9.50 Å². The van der Waals surface area contributed by atoms with E-state index in [2.05, 4.69) is 31.7 Å². The second-order valence-corrected chi connectivity index (χ2v) is 8.87. The van der Waals surface area contributed by atoms with Crippen molar-refractivity contribution in [2.75, 3.05) is 25.1 Å². The van der Waals surface area contributed by atoms with E-state index in [9.17, 15) is 9.59 Å². The van der Waals surface area contributed by atoms with Crippen LogP contribution in [0.15, 0.2) is 33.9 Å². The lowest BCUT2D eigenvalue weighted by molar-refractivity contribution is 0.415. The summed E-state index contributed by atoms with van der Waals surface area (Å²) in [7, 11) is 1.60. The monoisotopic (exact) mass is 488 g/mol. The molecule has 1 unspecified atom stereocenters. The zero-order valence-corrected chi connectivity index (χ0v) is 20.6. The summed E-state index contributed by atoms with van der Waals surface area (Å²) in [6.45, 7) is 5.17. The number of ether oxygens (including phenoxy) is 1. The van der Waals surface area contributed by atoms with Crippen molar-refractivity contribution in [3.8, 4) is 17.6 Å². The van der Waals surface area contributed by atoms with E-state index in [-0.39, 0.29) is 24.8 Å². The highest BCUT2D eigenvalue weighted by Crippen LogP contribution is 2.22. The normalized spacial score (nSPS) is 15.8. The molecule has 0 bridgehead atoms. The summed E-state index contributed by atoms with van der Waals surface area (Å²) in [5, 5.41) is 0.846. The highest BCUT2D eigenvalue weighted by Gasteiger charge is 2.24. The molecule has 0 amide bonds. The van der Waals surface area contributed by atoms with Crippen molar-refractivity contribution in [1.29, 1.82) is 0 Å². The third-order valence-corrected chi connectivity index (χ3v) is 6.42. The maximum atomic E-state index is 13.6. The summed E-state index contributed by atoms with van der Waals surface area (Å²) in [5.74, 6) is 7.53. The van der Waals surface area contributed by atoms with Gasteiger partial charge < -0.3 is 15.4 Å². The van der Waals surface area contributed by atoms with Gasteiger partial charge in [0.2, 0.25) is 5.95 Å². The molecule has 36 heavy (non-hydrogen) atoms. The van der Waals surface area contributed by atoms with Crippen LogP contribution in [0.4, 0.5) is 5.95 Å². The molecular weight excluding hydrogens is 460 g/mol. The number of aromatic nitrogens is 6. The van der Waals surface area contributed by atoms with E-state index in [1.54, 1.807) is 18.7 Å². The molecule has 1 aromatic carbocycles. The molecule has 4 aromatic rings. The lowest BCUT2D eigenvalue weighted by Gasteiger charge is -2.31. The molecule has 1 saturated heterocycles. The van der Waals surface area contributed by atoms with E-state index in [0.717, 1.165) is 35.0 Å². The van der Waals surface area contributed by atoms with Crippen molar-refractivity contribution in [3.05, 3.63) is 56.6 Å². The molecule has 4 heterocycles. The van der Waals surface area contributed by atoms with Crippen molar-refractivity contribution in [3.63, 3.8) is 0 Å². The zero-order valence-electron chi connectivity index (χ0n) is 20.6. The molecule has 1 atom stereocenters. The van der Waals surface area contributed by atoms with Crippen LogP contribution in [0.3, 0.4) is 0 Å². The molecule has 0 saturated carbocycles. The molecule has 2 N–H and O–H groups in total. The number of benzene rings is 1. The van der Waals surface area contributed by atoms with Gasteiger partial charge in [0, 0.05) is 36.3 Å². The van der Waals surface area contributed by atoms with Gasteiger partial charge in [-0.1, -0.05) is 5.92 Å². The Kier molecular flexibility index (Phi) is 6.20. The second kappa shape index (κ2) is 9.47. The maximum absolute atomic E-state index is 13.6. The van der Waals surface area contributed by atoms with Gasteiger partial charge >= 0.3 is 5.69 Å². The summed E-state index contributed by atoms with van der Waals surface area (Å²) in [6.07, 6.45) is 1.87. The van der Waals surface area contributed by atoms with Gasteiger partial charge in [0.05, 0.1) is 19.2 Å². The summed E-state index contributed by atoms with van der Waals surface area (Å²) in [6, 6.07) is 6.90. The first-order valence-electron chi connectivity index (χ1n) is 11.8. The standard InChI is InChI=1S/C25H28N8O3/c1-4-5-11-32-24(30-10-6-7-17(26)14-30)29-22-13-23(34)31(25(35)33(22)32)15-21-27-16(2)19-12-18(36-3)8-9-20(19)28-21/h8-9,12-13,17H,6-7,10-11,14-15,26H2,1-3H3. The Bertz CT molecular complexity index is 1640. The minimum Gasteiger partial charge on any atom is -0.497 e. The molecule has 1 aliphatic heterocycles. The number of nitrogens with zero attached hydrogens (tertiary/aromatic N) is 7. The minimum atomic E-state index is -0.522. The Morgan fingerprint density at radius 3 is 2.78 bits per heavy atom. The van der Waals surface area contributed by atoms with Crippen molar-refractivity contribution in [1.82, 2.24) is 28.7 Å². The fourth-order valence-corrected chi connectivity index (χ4v) is 4.64. The lowest BCUT2D eigenvalue weighted by Crippen LogP contribution is -2.44. The van der Waals surface area contributed by atoms with E-state index in [4.69, 9.17) is 10.5 Å². The fraction of sp³-hybridized carbons (Fsp3) is 0.400. The van der Waals surface area contributed by atoms with Gasteiger partial charge in [-0.15, -0.1) is 5.92 Å². The third kappa shape index (κ3) is 4.20. The molecular formula is C25H28N8O3. The van der Waals surface area contributed by atoms with E-state index >= 15 is 0 Å². The lowest BCUT2D eigenvalue weighted by atomic mass is 10.1. The van der Waals surface area contributed by atoms with Crippen molar-refractivity contribution >= 4 is 22.5 Å². The predicted molar refractivity (Wildman–Crippen MR) is 137 cm³/mol. The molecule has 0 aliphatic carbocycles. The van der Waals surface area contributed by atoms with Gasteiger partial charge in [0.1, 0.15) is 18.1 Å². The second-order valence-electron chi connectivity index (χ2n) is 8.87. The zero-order chi connectivity index (χ0) is 25.4. The number of nitrogens with two attached hydrogens (primary N) is 1. The van der Waals surface area contributed by atoms with E-state index in [0.29, 0.717) is 29.6 Å². The van der Waals surface area contributed by atoms with Crippen LogP contribution in [0, 0.1) is 18.8 Å². The van der Waals surface area contributed by atoms with Crippen LogP contribution in [-0.4, -0.2) is 55.0 Å². The molecule has 0 spiro atoms.